The van der Waals surface area contributed by atoms with Crippen molar-refractivity contribution in [1.82, 2.24) is 15.1 Å². The van der Waals surface area contributed by atoms with Crippen molar-refractivity contribution in [3.8, 4) is 0 Å². The maximum Gasteiger partial charge on any atom is 0.244 e. The van der Waals surface area contributed by atoms with E-state index in [0.717, 1.165) is 19.9 Å². The second-order valence-corrected chi connectivity index (χ2v) is 8.13. The summed E-state index contributed by atoms with van der Waals surface area (Å²) in [5.74, 6) is -0.106. The second-order valence-electron chi connectivity index (χ2n) is 4.87. The van der Waals surface area contributed by atoms with Gasteiger partial charge in [0.25, 0.3) is 0 Å². The van der Waals surface area contributed by atoms with E-state index in [4.69, 9.17) is 0 Å². The molecule has 0 radical (unpaired) electrons. The van der Waals surface area contributed by atoms with E-state index < -0.39 is 0 Å². The Morgan fingerprint density at radius 1 is 1.29 bits per heavy atom. The van der Waals surface area contributed by atoms with Gasteiger partial charge in [-0.25, -0.2) is 0 Å². The Morgan fingerprint density at radius 3 is 2.71 bits per heavy atom. The van der Waals surface area contributed by atoms with Gasteiger partial charge in [-0.15, -0.1) is 22.0 Å². The molecule has 0 saturated heterocycles. The lowest BCUT2D eigenvalue weighted by Crippen LogP contribution is -2.36. The summed E-state index contributed by atoms with van der Waals surface area (Å²) in [5.41, 5.74) is 0.759. The summed E-state index contributed by atoms with van der Waals surface area (Å²) >= 11 is 4.34. The number of para-hydroxylation sites is 1. The third kappa shape index (κ3) is 5.50. The molecule has 1 heterocycles. The van der Waals surface area contributed by atoms with Gasteiger partial charge in [-0.2, -0.15) is 0 Å². The first-order valence-corrected chi connectivity index (χ1v) is 10.1. The number of rotatable bonds is 7. The van der Waals surface area contributed by atoms with Gasteiger partial charge < -0.3 is 10.2 Å². The number of thioether (sulfide) groups is 2. The molecule has 1 aromatic heterocycles. The molecule has 0 spiro atoms. The molecule has 1 N–H and O–H groups in total. The van der Waals surface area contributed by atoms with Crippen molar-refractivity contribution in [3.63, 3.8) is 0 Å². The molecule has 0 aliphatic rings. The van der Waals surface area contributed by atoms with Crippen molar-refractivity contribution in [1.29, 1.82) is 0 Å². The predicted molar refractivity (Wildman–Crippen MR) is 99.9 cm³/mol. The third-order valence-electron chi connectivity index (χ3n) is 3.01. The lowest BCUT2D eigenvalue weighted by molar-refractivity contribution is -0.131. The van der Waals surface area contributed by atoms with E-state index in [1.54, 1.807) is 18.8 Å². The van der Waals surface area contributed by atoms with Crippen LogP contribution in [0.25, 0.3) is 0 Å². The van der Waals surface area contributed by atoms with Gasteiger partial charge >= 0.3 is 0 Å². The van der Waals surface area contributed by atoms with E-state index in [9.17, 15) is 9.59 Å². The number of carbonyl (C=O) groups excluding carboxylic acids is 2. The first-order chi connectivity index (χ1) is 11.5. The Bertz CT molecular complexity index is 720. The van der Waals surface area contributed by atoms with Crippen LogP contribution in [-0.2, 0) is 9.59 Å². The molecular weight excluding hydrogens is 364 g/mol. The first kappa shape index (κ1) is 18.8. The number of anilines is 1. The van der Waals surface area contributed by atoms with E-state index in [2.05, 4.69) is 15.5 Å². The zero-order valence-electron chi connectivity index (χ0n) is 13.6. The molecule has 2 amide bonds. The number of nitrogens with zero attached hydrogens (tertiary/aromatic N) is 3. The molecule has 0 atom stereocenters. The zero-order valence-corrected chi connectivity index (χ0v) is 16.1. The van der Waals surface area contributed by atoms with Crippen LogP contribution in [0.5, 0.6) is 0 Å². The number of benzene rings is 1. The number of aryl methyl sites for hydroxylation is 1. The number of likely N-dealkylation sites (N-methyl/N-ethyl adjacent to an activating group) is 1. The summed E-state index contributed by atoms with van der Waals surface area (Å²) in [7, 11) is 1.62. The zero-order chi connectivity index (χ0) is 17.5. The number of nitrogens with one attached hydrogen (secondary N) is 1. The molecule has 0 aliphatic carbocycles. The monoisotopic (exact) mass is 382 g/mol. The fourth-order valence-electron chi connectivity index (χ4n) is 1.81. The Balaban J connectivity index is 1.83. The van der Waals surface area contributed by atoms with Crippen LogP contribution in [0.4, 0.5) is 5.69 Å². The van der Waals surface area contributed by atoms with E-state index in [0.29, 0.717) is 0 Å². The Labute approximate surface area is 153 Å². The minimum Gasteiger partial charge on any atom is -0.336 e. The highest BCUT2D eigenvalue weighted by molar-refractivity contribution is 8.01. The van der Waals surface area contributed by atoms with Gasteiger partial charge in [0.15, 0.2) is 4.34 Å². The van der Waals surface area contributed by atoms with E-state index >= 15 is 0 Å². The average molecular weight is 383 g/mol. The standard InChI is InChI=1S/C15H18N4O2S3/c1-10-17-18-15(24-10)23-9-14(21)19(2)8-13(20)16-11-6-4-5-7-12(11)22-3/h4-7H,8-9H2,1-3H3,(H,16,20). The van der Waals surface area contributed by atoms with Crippen LogP contribution in [0.15, 0.2) is 33.5 Å². The molecule has 1 aromatic carbocycles. The number of hydrogen-bond donors (Lipinski definition) is 1. The van der Waals surface area contributed by atoms with Gasteiger partial charge in [0.1, 0.15) is 5.01 Å². The number of carbonyl (C=O) groups is 2. The molecule has 0 saturated carbocycles. The molecule has 0 fully saturated rings. The second kappa shape index (κ2) is 9.05. The topological polar surface area (TPSA) is 75.2 Å². The van der Waals surface area contributed by atoms with Crippen LogP contribution in [-0.4, -0.2) is 52.5 Å². The molecule has 2 aromatic rings. The first-order valence-electron chi connectivity index (χ1n) is 7.09. The summed E-state index contributed by atoms with van der Waals surface area (Å²) in [4.78, 5) is 26.6. The predicted octanol–water partition coefficient (Wildman–Crippen LogP) is 2.76. The summed E-state index contributed by atoms with van der Waals surface area (Å²) in [6.07, 6.45) is 1.95. The van der Waals surface area contributed by atoms with Gasteiger partial charge in [-0.05, 0) is 25.3 Å². The van der Waals surface area contributed by atoms with Crippen LogP contribution in [0, 0.1) is 6.92 Å². The molecule has 0 unspecified atom stereocenters. The van der Waals surface area contributed by atoms with Crippen molar-refractivity contribution in [2.45, 2.75) is 16.2 Å². The minimum absolute atomic E-state index is 0.0112. The Kier molecular flexibility index (Phi) is 7.07. The fourth-order valence-corrected chi connectivity index (χ4v) is 4.12. The summed E-state index contributed by atoms with van der Waals surface area (Å²) in [5, 5.41) is 11.6. The molecule has 128 valence electrons. The van der Waals surface area contributed by atoms with Crippen molar-refractivity contribution in [2.24, 2.45) is 0 Å². The maximum atomic E-state index is 12.1. The summed E-state index contributed by atoms with van der Waals surface area (Å²) in [6, 6.07) is 7.57. The van der Waals surface area contributed by atoms with Gasteiger partial charge in [-0.3, -0.25) is 9.59 Å². The average Bonchev–Trinajstić information content (AvgIpc) is 2.98. The maximum absolute atomic E-state index is 12.1. The number of hydrogen-bond acceptors (Lipinski definition) is 7. The highest BCUT2D eigenvalue weighted by Crippen LogP contribution is 2.24. The lowest BCUT2D eigenvalue weighted by Gasteiger charge is -2.17. The molecule has 0 aliphatic heterocycles. The number of aromatic nitrogens is 2. The molecule has 24 heavy (non-hydrogen) atoms. The van der Waals surface area contributed by atoms with Crippen molar-refractivity contribution in [2.75, 3.05) is 30.9 Å². The van der Waals surface area contributed by atoms with E-state index in [-0.39, 0.29) is 24.1 Å². The molecule has 0 bridgehead atoms. The van der Waals surface area contributed by atoms with Gasteiger partial charge in [0.2, 0.25) is 11.8 Å². The Hall–Kier alpha value is -1.58. The van der Waals surface area contributed by atoms with Crippen molar-refractivity contribution >= 4 is 52.4 Å². The third-order valence-corrected chi connectivity index (χ3v) is 5.77. The molecular formula is C15H18N4O2S3. The summed E-state index contributed by atoms with van der Waals surface area (Å²) in [6.45, 7) is 1.88. The smallest absolute Gasteiger partial charge is 0.244 e. The highest BCUT2D eigenvalue weighted by atomic mass is 32.2. The van der Waals surface area contributed by atoms with Gasteiger partial charge in [0.05, 0.1) is 18.0 Å². The van der Waals surface area contributed by atoms with Crippen LogP contribution >= 0.6 is 34.9 Å². The quantitative estimate of drug-likeness (QED) is 0.742. The molecule has 2 rings (SSSR count). The number of amides is 2. The lowest BCUT2D eigenvalue weighted by atomic mass is 10.3. The van der Waals surface area contributed by atoms with Crippen LogP contribution < -0.4 is 5.32 Å². The largest absolute Gasteiger partial charge is 0.336 e. The van der Waals surface area contributed by atoms with Crippen LogP contribution in [0.2, 0.25) is 0 Å². The van der Waals surface area contributed by atoms with Crippen LogP contribution in [0.3, 0.4) is 0 Å². The Morgan fingerprint density at radius 2 is 2.04 bits per heavy atom. The fraction of sp³-hybridized carbons (Fsp3) is 0.333. The van der Waals surface area contributed by atoms with Crippen LogP contribution in [0.1, 0.15) is 5.01 Å². The van der Waals surface area contributed by atoms with Crippen molar-refractivity contribution in [3.05, 3.63) is 29.3 Å². The normalized spacial score (nSPS) is 10.5. The molecule has 9 heteroatoms. The van der Waals surface area contributed by atoms with Gasteiger partial charge in [-0.1, -0.05) is 35.2 Å². The highest BCUT2D eigenvalue weighted by Gasteiger charge is 2.15. The van der Waals surface area contributed by atoms with E-state index in [1.165, 1.54) is 28.0 Å². The van der Waals surface area contributed by atoms with E-state index in [1.807, 2.05) is 37.4 Å². The summed E-state index contributed by atoms with van der Waals surface area (Å²) < 4.78 is 0.757. The van der Waals surface area contributed by atoms with Crippen molar-refractivity contribution < 1.29 is 9.59 Å². The molecule has 6 nitrogen and oxygen atoms in total. The SMILES string of the molecule is CSc1ccccc1NC(=O)CN(C)C(=O)CSc1nnc(C)s1. The van der Waals surface area contributed by atoms with Gasteiger partial charge in [0, 0.05) is 11.9 Å². The minimum atomic E-state index is -0.218.